The van der Waals surface area contributed by atoms with Gasteiger partial charge in [-0.15, -0.1) is 22.1 Å². The largest absolute Gasteiger partial charge is 2.00 e. The van der Waals surface area contributed by atoms with Crippen LogP contribution >= 0.6 is 7.60 Å². The summed E-state index contributed by atoms with van der Waals surface area (Å²) < 4.78 is 25.6. The van der Waals surface area contributed by atoms with Gasteiger partial charge in [0.2, 0.25) is 0 Å². The monoisotopic (exact) mass is 708 g/mol. The molecule has 7 nitrogen and oxygen atoms in total. The van der Waals surface area contributed by atoms with Gasteiger partial charge < -0.3 is 19.0 Å². The van der Waals surface area contributed by atoms with E-state index in [0.29, 0.717) is 16.8 Å². The fourth-order valence-electron chi connectivity index (χ4n) is 5.86. The number of rotatable bonds is 8. The number of aromatic nitrogens is 4. The molecule has 0 atom stereocenters. The van der Waals surface area contributed by atoms with Crippen molar-refractivity contribution in [1.82, 2.24) is 19.9 Å². The Bertz CT molecular complexity index is 2240. The van der Waals surface area contributed by atoms with Crippen LogP contribution in [0.25, 0.3) is 74.7 Å². The van der Waals surface area contributed by atoms with Gasteiger partial charge in [0.15, 0.2) is 0 Å². The third-order valence-corrected chi connectivity index (χ3v) is 9.68. The Kier molecular flexibility index (Phi) is 10.1. The fraction of sp³-hybridized carbons (Fsp3) is 0.150. The summed E-state index contributed by atoms with van der Waals surface area (Å²) in [6.07, 6.45) is 9.13. The Balaban J connectivity index is 0.00000417. The van der Waals surface area contributed by atoms with Crippen molar-refractivity contribution in [1.29, 1.82) is 0 Å². The number of hydrogen-bond donors (Lipinski definition) is 0. The molecule has 0 aliphatic carbocycles. The van der Waals surface area contributed by atoms with E-state index in [0.717, 1.165) is 55.9 Å². The van der Waals surface area contributed by atoms with Gasteiger partial charge in [-0.3, -0.25) is 4.57 Å². The molecule has 0 saturated carbocycles. The molecule has 248 valence electrons. The quantitative estimate of drug-likeness (QED) is 0.115. The van der Waals surface area contributed by atoms with Crippen molar-refractivity contribution in [3.63, 3.8) is 0 Å². The Morgan fingerprint density at radius 2 is 1.16 bits per heavy atom. The summed E-state index contributed by atoms with van der Waals surface area (Å²) >= 11 is 0. The summed E-state index contributed by atoms with van der Waals surface area (Å²) in [4.78, 5) is 20.3. The van der Waals surface area contributed by atoms with Crippen LogP contribution in [0.15, 0.2) is 96.8 Å². The topological polar surface area (TPSA) is 89.5 Å². The molecule has 7 rings (SSSR count). The van der Waals surface area contributed by atoms with Crippen molar-refractivity contribution >= 4 is 60.0 Å². The molecular formula is C40H35N4NiO3P. The average molecular weight is 709 g/mol. The van der Waals surface area contributed by atoms with Gasteiger partial charge in [0.05, 0.1) is 35.0 Å². The van der Waals surface area contributed by atoms with Crippen LogP contribution in [0.2, 0.25) is 0 Å². The third-order valence-electron chi connectivity index (χ3n) is 7.74. The molecule has 0 saturated heterocycles. The molecular weight excluding hydrogens is 674 g/mol. The maximum atomic E-state index is 13.9. The van der Waals surface area contributed by atoms with Crippen molar-refractivity contribution in [2.75, 3.05) is 0 Å². The van der Waals surface area contributed by atoms with Crippen LogP contribution in [0.5, 0.6) is 0 Å². The summed E-state index contributed by atoms with van der Waals surface area (Å²) in [5, 5.41) is 0. The molecule has 0 fully saturated rings. The van der Waals surface area contributed by atoms with Crippen molar-refractivity contribution in [3.05, 3.63) is 125 Å². The fourth-order valence-corrected chi connectivity index (χ4v) is 7.56. The van der Waals surface area contributed by atoms with Gasteiger partial charge in [-0.1, -0.05) is 91.0 Å². The molecule has 0 amide bonds. The molecule has 8 bridgehead atoms. The SMILES string of the molecule is CC(C)OP(=O)(/C=C/c1c2nc(c(-c3ccccc3)c3ccc(cc4nc(c(-c5ccccc5)c5ccc1[n-]5)C=C4)[n-]3)C=C2)OC(C)C.[Ni+2]. The first kappa shape index (κ1) is 34.3. The van der Waals surface area contributed by atoms with E-state index >= 15 is 0 Å². The molecule has 0 radical (unpaired) electrons. The first-order valence-electron chi connectivity index (χ1n) is 16.0. The number of nitrogens with zero attached hydrogens (tertiary/aromatic N) is 4. The van der Waals surface area contributed by atoms with Crippen LogP contribution < -0.4 is 9.97 Å². The average Bonchev–Trinajstić information content (AvgIpc) is 3.88. The van der Waals surface area contributed by atoms with Gasteiger partial charge >= 0.3 is 24.1 Å². The van der Waals surface area contributed by atoms with Gasteiger partial charge in [-0.05, 0) is 85.9 Å². The number of benzene rings is 2. The predicted octanol–water partition coefficient (Wildman–Crippen LogP) is 10.3. The van der Waals surface area contributed by atoms with Crippen LogP contribution in [0, 0.1) is 0 Å². The molecule has 0 spiro atoms. The van der Waals surface area contributed by atoms with Crippen LogP contribution in [0.3, 0.4) is 0 Å². The Morgan fingerprint density at radius 1 is 0.633 bits per heavy atom. The summed E-state index contributed by atoms with van der Waals surface area (Å²) in [6, 6.07) is 30.2. The minimum Gasteiger partial charge on any atom is -0.657 e. The summed E-state index contributed by atoms with van der Waals surface area (Å²) in [5.41, 5.74) is 10.5. The zero-order chi connectivity index (χ0) is 33.3. The van der Waals surface area contributed by atoms with E-state index in [-0.39, 0.29) is 28.7 Å². The first-order valence-corrected chi connectivity index (χ1v) is 17.7. The van der Waals surface area contributed by atoms with Crippen molar-refractivity contribution in [2.24, 2.45) is 0 Å². The van der Waals surface area contributed by atoms with Gasteiger partial charge in [-0.25, -0.2) is 9.97 Å². The van der Waals surface area contributed by atoms with Crippen molar-refractivity contribution in [2.45, 2.75) is 39.9 Å². The van der Waals surface area contributed by atoms with Gasteiger partial charge in [0, 0.05) is 5.82 Å². The van der Waals surface area contributed by atoms with Gasteiger partial charge in [-0.2, -0.15) is 0 Å². The molecule has 2 aliphatic rings. The maximum Gasteiger partial charge on any atom is 2.00 e. The molecule has 9 heteroatoms. The Labute approximate surface area is 296 Å². The molecule has 49 heavy (non-hydrogen) atoms. The third kappa shape index (κ3) is 7.54. The molecule has 0 unspecified atom stereocenters. The predicted molar refractivity (Wildman–Crippen MR) is 197 cm³/mol. The van der Waals surface area contributed by atoms with E-state index in [1.54, 1.807) is 6.08 Å². The van der Waals surface area contributed by atoms with E-state index in [4.69, 9.17) is 29.0 Å². The van der Waals surface area contributed by atoms with E-state index in [2.05, 4.69) is 24.3 Å². The minimum atomic E-state index is -3.62. The second-order valence-corrected chi connectivity index (χ2v) is 13.9. The van der Waals surface area contributed by atoms with Crippen LogP contribution in [-0.2, 0) is 30.1 Å². The zero-order valence-electron chi connectivity index (χ0n) is 27.6. The maximum absolute atomic E-state index is 13.9. The number of fused-ring (bicyclic) bond motifs is 8. The molecule has 5 aromatic rings. The molecule has 2 aromatic carbocycles. The van der Waals surface area contributed by atoms with Crippen molar-refractivity contribution < 1.29 is 30.1 Å². The van der Waals surface area contributed by atoms with E-state index < -0.39 is 7.60 Å². The first-order chi connectivity index (χ1) is 23.2. The zero-order valence-corrected chi connectivity index (χ0v) is 29.4. The molecule has 3 aromatic heterocycles. The smallest absolute Gasteiger partial charge is 0.657 e. The normalized spacial score (nSPS) is 12.7. The molecule has 0 N–H and O–H groups in total. The van der Waals surface area contributed by atoms with E-state index in [1.165, 1.54) is 5.82 Å². The second kappa shape index (κ2) is 14.5. The minimum absolute atomic E-state index is 0. The molecule has 5 heterocycles. The van der Waals surface area contributed by atoms with Crippen LogP contribution in [0.1, 0.15) is 56.0 Å². The summed E-state index contributed by atoms with van der Waals surface area (Å²) in [5.74, 6) is 1.53. The van der Waals surface area contributed by atoms with Crippen LogP contribution in [0.4, 0.5) is 0 Å². The van der Waals surface area contributed by atoms with Gasteiger partial charge in [0.1, 0.15) is 0 Å². The van der Waals surface area contributed by atoms with E-state index in [1.807, 2.05) is 119 Å². The van der Waals surface area contributed by atoms with Crippen molar-refractivity contribution in [3.8, 4) is 22.3 Å². The summed E-state index contributed by atoms with van der Waals surface area (Å²) in [6.45, 7) is 7.35. The standard InChI is InChI=1S/C40H35N4O3P.Ni/c1-26(2)46-48(45,47-27(3)4)24-23-32-33-19-21-37(43-33)39(28-11-7-5-8-12-28)35-17-15-30(41-35)25-31-16-18-36(42-31)40(29-13-9-6-10-14-29)38-22-20-34(32)44-38;/h5-27H,1-4H3;/q-2;+2/b24-23+,30-25?,31-25?,33-32?,34-32?,39-35?,39-37?,40-36?,40-38?;. The second-order valence-electron chi connectivity index (χ2n) is 12.1. The summed E-state index contributed by atoms with van der Waals surface area (Å²) in [7, 11) is -3.62. The Morgan fingerprint density at radius 3 is 1.80 bits per heavy atom. The van der Waals surface area contributed by atoms with Gasteiger partial charge in [0.25, 0.3) is 0 Å². The Hall–Kier alpha value is -4.58. The number of hydrogen-bond acceptors (Lipinski definition) is 5. The van der Waals surface area contributed by atoms with E-state index in [9.17, 15) is 4.57 Å². The molecule has 2 aliphatic heterocycles. The van der Waals surface area contributed by atoms with Crippen LogP contribution in [-0.4, -0.2) is 22.2 Å².